The molecule has 0 atom stereocenters. The fraction of sp³-hybridized carbons (Fsp3) is 0.370. The molecular weight excluding hydrogens is 833 g/mol. The van der Waals surface area contributed by atoms with E-state index in [9.17, 15) is 23.3 Å². The van der Waals surface area contributed by atoms with Crippen LogP contribution in [0.2, 0.25) is 5.02 Å². The van der Waals surface area contributed by atoms with Crippen LogP contribution in [0.15, 0.2) is 95.5 Å². The number of fused-ring (bicyclic) bond motifs is 1. The standard InChI is InChI=1S/C46H51ClFN7O6S/c1-46(2)16-12-32(39(28-46)30-4-6-33(47)7-5-30)29-53-20-22-54(23-21-53)35-8-10-38(43(25-35)61-36-24-31-13-17-49-44(31)40(48)26-36)45(56)51-62(59,60)37-9-11-41(42(27-37)55(57)58)50-34-14-18-52(3)19-15-34/h4-11,13,17,24-27,34,49-50H,12,14-16,18-23,28-29H2,1-3H3,(H,51,56). The van der Waals surface area contributed by atoms with Gasteiger partial charge < -0.3 is 24.8 Å². The Bertz CT molecular complexity index is 2640. The molecule has 0 saturated carbocycles. The molecule has 0 unspecified atom stereocenters. The summed E-state index contributed by atoms with van der Waals surface area (Å²) in [5, 5.41) is 16.6. The Labute approximate surface area is 366 Å². The minimum atomic E-state index is -4.60. The van der Waals surface area contributed by atoms with Crippen molar-refractivity contribution in [2.24, 2.45) is 5.41 Å². The highest BCUT2D eigenvalue weighted by atomic mass is 35.5. The summed E-state index contributed by atoms with van der Waals surface area (Å²) in [4.78, 5) is 34.6. The number of rotatable bonds is 12. The highest BCUT2D eigenvalue weighted by molar-refractivity contribution is 7.90. The first-order valence-electron chi connectivity index (χ1n) is 20.9. The molecule has 1 amide bonds. The van der Waals surface area contributed by atoms with Crippen LogP contribution in [0, 0.1) is 21.3 Å². The van der Waals surface area contributed by atoms with Crippen LogP contribution in [0.4, 0.5) is 21.5 Å². The maximum absolute atomic E-state index is 15.1. The van der Waals surface area contributed by atoms with Gasteiger partial charge in [-0.25, -0.2) is 17.5 Å². The minimum absolute atomic E-state index is 0.00948. The van der Waals surface area contributed by atoms with Crippen molar-refractivity contribution in [3.8, 4) is 11.5 Å². The number of allylic oxidation sites excluding steroid dienone is 1. The zero-order chi connectivity index (χ0) is 43.8. The number of nitro benzene ring substituents is 1. The molecule has 2 aliphatic heterocycles. The number of hydrogen-bond donors (Lipinski definition) is 3. The van der Waals surface area contributed by atoms with Crippen LogP contribution in [-0.4, -0.2) is 92.9 Å². The van der Waals surface area contributed by atoms with Crippen LogP contribution in [0.25, 0.3) is 16.5 Å². The monoisotopic (exact) mass is 883 g/mol. The Balaban J connectivity index is 1.02. The normalized spacial score (nSPS) is 17.9. The molecule has 0 spiro atoms. The molecule has 2 saturated heterocycles. The number of H-pyrrole nitrogens is 1. The molecule has 4 aromatic carbocycles. The van der Waals surface area contributed by atoms with Gasteiger partial charge in [0.25, 0.3) is 21.6 Å². The van der Waals surface area contributed by atoms with Crippen molar-refractivity contribution in [2.75, 3.05) is 63.1 Å². The molecule has 0 bridgehead atoms. The van der Waals surface area contributed by atoms with Gasteiger partial charge in [0, 0.05) is 79.3 Å². The molecule has 62 heavy (non-hydrogen) atoms. The van der Waals surface area contributed by atoms with Crippen LogP contribution in [-0.2, 0) is 10.0 Å². The summed E-state index contributed by atoms with van der Waals surface area (Å²) < 4.78 is 50.8. The molecule has 5 aromatic rings. The first-order valence-corrected chi connectivity index (χ1v) is 22.8. The summed E-state index contributed by atoms with van der Waals surface area (Å²) >= 11 is 6.23. The SMILES string of the molecule is CN1CCC(Nc2ccc(S(=O)(=O)NC(=O)c3ccc(N4CCN(CC5=C(c6ccc(Cl)cc6)CC(C)(C)CC5)CC4)cc3Oc3cc(F)c4[nH]ccc4c3)cc2[N+](=O)[O-])CC1. The number of sulfonamides is 1. The van der Waals surface area contributed by atoms with Crippen LogP contribution in [0.5, 0.6) is 11.5 Å². The number of amides is 1. The van der Waals surface area contributed by atoms with Gasteiger partial charge in [0.2, 0.25) is 0 Å². The number of piperazine rings is 1. The van der Waals surface area contributed by atoms with Crippen molar-refractivity contribution < 1.29 is 27.3 Å². The smallest absolute Gasteiger partial charge is 0.293 e. The van der Waals surface area contributed by atoms with E-state index in [2.05, 4.69) is 55.7 Å². The predicted molar refractivity (Wildman–Crippen MR) is 241 cm³/mol. The Morgan fingerprint density at radius 1 is 0.984 bits per heavy atom. The number of carbonyl (C=O) groups excluding carboxylic acids is 1. The summed E-state index contributed by atoms with van der Waals surface area (Å²) in [6.45, 7) is 10.1. The number of carbonyl (C=O) groups is 1. The van der Waals surface area contributed by atoms with E-state index >= 15 is 4.39 Å². The number of nitrogens with zero attached hydrogens (tertiary/aromatic N) is 4. The van der Waals surface area contributed by atoms with Crippen molar-refractivity contribution in [3.05, 3.63) is 123 Å². The van der Waals surface area contributed by atoms with Gasteiger partial charge in [-0.1, -0.05) is 43.2 Å². The Morgan fingerprint density at radius 2 is 1.73 bits per heavy atom. The van der Waals surface area contributed by atoms with Crippen LogP contribution in [0.3, 0.4) is 0 Å². The second-order valence-electron chi connectivity index (χ2n) is 17.4. The Morgan fingerprint density at radius 3 is 2.45 bits per heavy atom. The summed E-state index contributed by atoms with van der Waals surface area (Å²) in [6.07, 6.45) is 6.30. The van der Waals surface area contributed by atoms with Crippen LogP contribution < -0.4 is 19.7 Å². The molecule has 326 valence electrons. The number of halogens is 2. The van der Waals surface area contributed by atoms with Crippen LogP contribution >= 0.6 is 11.6 Å². The van der Waals surface area contributed by atoms with Gasteiger partial charge in [-0.3, -0.25) is 19.8 Å². The summed E-state index contributed by atoms with van der Waals surface area (Å²) in [6, 6.07) is 21.0. The van der Waals surface area contributed by atoms with E-state index in [0.717, 1.165) is 76.6 Å². The molecule has 3 heterocycles. The minimum Gasteiger partial charge on any atom is -0.456 e. The van der Waals surface area contributed by atoms with E-state index in [-0.39, 0.29) is 34.2 Å². The van der Waals surface area contributed by atoms with Gasteiger partial charge >= 0.3 is 0 Å². The first kappa shape index (κ1) is 43.2. The van der Waals surface area contributed by atoms with Gasteiger partial charge in [-0.2, -0.15) is 0 Å². The molecule has 2 fully saturated rings. The number of aromatic amines is 1. The van der Waals surface area contributed by atoms with E-state index in [1.807, 2.05) is 19.2 Å². The van der Waals surface area contributed by atoms with Gasteiger partial charge in [0.1, 0.15) is 17.2 Å². The van der Waals surface area contributed by atoms with E-state index in [1.165, 1.54) is 41.0 Å². The number of nitro groups is 1. The molecule has 16 heteroatoms. The van der Waals surface area contributed by atoms with E-state index in [1.54, 1.807) is 30.5 Å². The summed E-state index contributed by atoms with van der Waals surface area (Å²) in [5.41, 5.74) is 4.95. The lowest BCUT2D eigenvalue weighted by Crippen LogP contribution is -2.47. The predicted octanol–water partition coefficient (Wildman–Crippen LogP) is 9.07. The van der Waals surface area contributed by atoms with Gasteiger partial charge in [0.05, 0.1) is 20.9 Å². The summed E-state index contributed by atoms with van der Waals surface area (Å²) in [5.74, 6) is -1.46. The molecular formula is C46H51ClFN7O6S. The third kappa shape index (κ3) is 9.76. The molecule has 13 nitrogen and oxygen atoms in total. The second kappa shape index (κ2) is 17.7. The fourth-order valence-electron chi connectivity index (χ4n) is 8.72. The average Bonchev–Trinajstić information content (AvgIpc) is 3.72. The van der Waals surface area contributed by atoms with E-state index in [0.29, 0.717) is 29.0 Å². The molecule has 0 radical (unpaired) electrons. The van der Waals surface area contributed by atoms with Crippen LogP contribution in [0.1, 0.15) is 61.9 Å². The molecule has 3 N–H and O–H groups in total. The summed E-state index contributed by atoms with van der Waals surface area (Å²) in [7, 11) is -2.59. The quantitative estimate of drug-likeness (QED) is 0.0817. The van der Waals surface area contributed by atoms with Crippen molar-refractivity contribution in [1.82, 2.24) is 19.5 Å². The highest BCUT2D eigenvalue weighted by Gasteiger charge is 2.31. The van der Waals surface area contributed by atoms with Gasteiger partial charge in [0.15, 0.2) is 5.82 Å². The Kier molecular flexibility index (Phi) is 12.3. The molecule has 1 aromatic heterocycles. The molecule has 3 aliphatic rings. The fourth-order valence-corrected chi connectivity index (χ4v) is 9.84. The number of piperidine rings is 1. The van der Waals surface area contributed by atoms with Crippen molar-refractivity contribution in [3.63, 3.8) is 0 Å². The number of aromatic nitrogens is 1. The number of hydrogen-bond acceptors (Lipinski definition) is 10. The molecule has 8 rings (SSSR count). The lowest BCUT2D eigenvalue weighted by molar-refractivity contribution is -0.384. The lowest BCUT2D eigenvalue weighted by Gasteiger charge is -2.39. The third-order valence-corrected chi connectivity index (χ3v) is 13.9. The van der Waals surface area contributed by atoms with Crippen molar-refractivity contribution in [2.45, 2.75) is 56.9 Å². The van der Waals surface area contributed by atoms with Crippen molar-refractivity contribution in [1.29, 1.82) is 0 Å². The van der Waals surface area contributed by atoms with Gasteiger partial charge in [-0.05, 0) is 117 Å². The second-order valence-corrected chi connectivity index (χ2v) is 19.5. The zero-order valence-electron chi connectivity index (χ0n) is 35.0. The third-order valence-electron chi connectivity index (χ3n) is 12.3. The van der Waals surface area contributed by atoms with Gasteiger partial charge in [-0.15, -0.1) is 0 Å². The van der Waals surface area contributed by atoms with Crippen molar-refractivity contribution >= 4 is 61.1 Å². The number of likely N-dealkylation sites (tertiary alicyclic amines) is 1. The van der Waals surface area contributed by atoms with E-state index < -0.39 is 37.3 Å². The maximum atomic E-state index is 15.1. The average molecular weight is 884 g/mol. The molecule has 1 aliphatic carbocycles. The number of anilines is 2. The largest absolute Gasteiger partial charge is 0.456 e. The Hall–Kier alpha value is -5.48. The first-order chi connectivity index (χ1) is 29.6. The van der Waals surface area contributed by atoms with E-state index in [4.69, 9.17) is 16.3 Å². The lowest BCUT2D eigenvalue weighted by atomic mass is 9.72. The maximum Gasteiger partial charge on any atom is 0.293 e. The zero-order valence-corrected chi connectivity index (χ0v) is 36.6. The number of ether oxygens (including phenoxy) is 1. The highest BCUT2D eigenvalue weighted by Crippen LogP contribution is 2.43. The topological polar surface area (TPSA) is 153 Å². The number of benzene rings is 4. The number of nitrogens with one attached hydrogen (secondary N) is 3.